The number of phenols is 1. The van der Waals surface area contributed by atoms with Crippen molar-refractivity contribution in [2.75, 3.05) is 32.2 Å². The van der Waals surface area contributed by atoms with E-state index in [0.29, 0.717) is 5.69 Å². The number of phenolic OH excluding ortho intramolecular Hbond substituents is 1. The molecule has 0 aromatic heterocycles. The first-order valence-electron chi connectivity index (χ1n) is 12.4. The van der Waals surface area contributed by atoms with Crippen molar-refractivity contribution in [3.63, 3.8) is 0 Å². The first-order chi connectivity index (χ1) is 20.5. The van der Waals surface area contributed by atoms with E-state index in [1.807, 2.05) is 0 Å². The normalized spacial score (nSPS) is 11.9. The van der Waals surface area contributed by atoms with E-state index in [1.54, 1.807) is 0 Å². The lowest BCUT2D eigenvalue weighted by Crippen LogP contribution is -2.04. The van der Waals surface area contributed by atoms with Crippen molar-refractivity contribution >= 4 is 55.3 Å². The summed E-state index contributed by atoms with van der Waals surface area (Å²) in [4.78, 5) is 10.4. The number of hydrogen-bond acceptors (Lipinski definition) is 13. The molecule has 15 nitrogen and oxygen atoms in total. The van der Waals surface area contributed by atoms with E-state index < -0.39 is 32.4 Å². The largest absolute Gasteiger partial charge is 0.505 e. The minimum atomic E-state index is -4.88. The fourth-order valence-corrected chi connectivity index (χ4v) is 4.43. The molecule has 0 fully saturated rings. The second kappa shape index (κ2) is 13.2. The highest BCUT2D eigenvalue weighted by Gasteiger charge is 2.22. The van der Waals surface area contributed by atoms with Gasteiger partial charge >= 0.3 is 5.97 Å². The molecule has 224 valence electrons. The van der Waals surface area contributed by atoms with E-state index in [9.17, 15) is 33.1 Å². The number of carboxylic acids is 1. The molecule has 0 atom stereocenters. The van der Waals surface area contributed by atoms with Gasteiger partial charge in [0.2, 0.25) is 0 Å². The molecule has 4 aromatic rings. The van der Waals surface area contributed by atoms with Gasteiger partial charge in [0.15, 0.2) is 5.75 Å². The first-order valence-corrected chi connectivity index (χ1v) is 13.8. The van der Waals surface area contributed by atoms with E-state index in [1.165, 1.54) is 54.6 Å². The molecule has 43 heavy (non-hydrogen) atoms. The molecule has 0 unspecified atom stereocenters. The molecule has 0 saturated heterocycles. The molecular formula is C27H25N5O10S. The summed E-state index contributed by atoms with van der Waals surface area (Å²) < 4.78 is 45.3. The van der Waals surface area contributed by atoms with Crippen molar-refractivity contribution in [1.29, 1.82) is 0 Å². The summed E-state index contributed by atoms with van der Waals surface area (Å²) in [6.07, 6.45) is 0. The standard InChI is InChI=1S/C27H25N5O10S/c28-17-4-1-16-11-24(43(38,39)40)25(26(35)19(16)12-17)32-31-21-14-22(41-9-7-33)20(13-23(21)42-10-8-34)30-29-18-5-2-15(3-6-18)27(36)37/h1-6,11-14,33-35H,7-10,28H2,(H,36,37)(H,38,39,40). The predicted octanol–water partition coefficient (Wildman–Crippen LogP) is 4.65. The van der Waals surface area contributed by atoms with Crippen LogP contribution in [0.1, 0.15) is 10.4 Å². The van der Waals surface area contributed by atoms with Crippen molar-refractivity contribution in [3.8, 4) is 17.2 Å². The van der Waals surface area contributed by atoms with Gasteiger partial charge in [0.25, 0.3) is 10.1 Å². The van der Waals surface area contributed by atoms with Gasteiger partial charge in [-0.25, -0.2) is 4.79 Å². The second-order valence-electron chi connectivity index (χ2n) is 8.71. The Morgan fingerprint density at radius 3 is 1.93 bits per heavy atom. The fourth-order valence-electron chi connectivity index (χ4n) is 3.78. The maximum atomic E-state index is 12.2. The van der Waals surface area contributed by atoms with Crippen LogP contribution in [0.25, 0.3) is 10.8 Å². The highest BCUT2D eigenvalue weighted by molar-refractivity contribution is 7.86. The van der Waals surface area contributed by atoms with E-state index in [0.717, 1.165) is 6.07 Å². The Bertz CT molecular complexity index is 1830. The minimum Gasteiger partial charge on any atom is -0.505 e. The van der Waals surface area contributed by atoms with Crippen molar-refractivity contribution in [1.82, 2.24) is 0 Å². The SMILES string of the molecule is Nc1ccc2cc(S(=O)(=O)O)c(N=Nc3cc(OCCO)c(N=Nc4ccc(C(=O)O)cc4)cc3OCCO)c(O)c2c1. The van der Waals surface area contributed by atoms with E-state index in [-0.39, 0.29) is 71.3 Å². The summed E-state index contributed by atoms with van der Waals surface area (Å²) in [6, 6.07) is 13.6. The number of benzene rings is 4. The Hall–Kier alpha value is -5.16. The molecule has 0 aliphatic carbocycles. The lowest BCUT2D eigenvalue weighted by molar-refractivity contribution is 0.0697. The van der Waals surface area contributed by atoms with E-state index in [2.05, 4.69) is 20.5 Å². The van der Waals surface area contributed by atoms with Crippen molar-refractivity contribution in [2.45, 2.75) is 4.90 Å². The maximum absolute atomic E-state index is 12.2. The second-order valence-corrected chi connectivity index (χ2v) is 10.1. The molecule has 0 spiro atoms. The number of anilines is 1. The fraction of sp³-hybridized carbons (Fsp3) is 0.148. The van der Waals surface area contributed by atoms with Gasteiger partial charge in [0.1, 0.15) is 46.7 Å². The Morgan fingerprint density at radius 2 is 1.40 bits per heavy atom. The molecule has 0 heterocycles. The summed E-state index contributed by atoms with van der Waals surface area (Å²) in [5.41, 5.74) is 5.88. The van der Waals surface area contributed by atoms with Crippen LogP contribution in [0.2, 0.25) is 0 Å². The predicted molar refractivity (Wildman–Crippen MR) is 153 cm³/mol. The molecule has 4 rings (SSSR count). The van der Waals surface area contributed by atoms with Crippen molar-refractivity contribution in [2.24, 2.45) is 20.5 Å². The first kappa shape index (κ1) is 30.8. The number of ether oxygens (including phenoxy) is 2. The minimum absolute atomic E-state index is 0.0118. The van der Waals surface area contributed by atoms with Gasteiger partial charge in [0, 0.05) is 23.2 Å². The average Bonchev–Trinajstić information content (AvgIpc) is 2.97. The number of carbonyl (C=O) groups is 1. The van der Waals surface area contributed by atoms with Gasteiger partial charge in [-0.05, 0) is 47.9 Å². The van der Waals surface area contributed by atoms with Crippen LogP contribution >= 0.6 is 0 Å². The third-order valence-corrected chi connectivity index (χ3v) is 6.61. The van der Waals surface area contributed by atoms with Gasteiger partial charge < -0.3 is 35.6 Å². The van der Waals surface area contributed by atoms with Crippen molar-refractivity contribution < 1.29 is 47.7 Å². The molecule has 0 saturated carbocycles. The zero-order chi connectivity index (χ0) is 31.1. The zero-order valence-electron chi connectivity index (χ0n) is 22.2. The van der Waals surface area contributed by atoms with Crippen LogP contribution in [-0.4, -0.2) is 65.8 Å². The highest BCUT2D eigenvalue weighted by atomic mass is 32.2. The highest BCUT2D eigenvalue weighted by Crippen LogP contribution is 2.45. The van der Waals surface area contributed by atoms with Gasteiger partial charge in [-0.2, -0.15) is 13.5 Å². The summed E-state index contributed by atoms with van der Waals surface area (Å²) >= 11 is 0. The summed E-state index contributed by atoms with van der Waals surface area (Å²) in [5, 5.41) is 55.1. The number of fused-ring (bicyclic) bond motifs is 1. The Kier molecular flexibility index (Phi) is 9.46. The smallest absolute Gasteiger partial charge is 0.335 e. The molecule has 0 radical (unpaired) electrons. The maximum Gasteiger partial charge on any atom is 0.335 e. The number of nitrogen functional groups attached to an aromatic ring is 1. The molecule has 7 N–H and O–H groups in total. The summed E-state index contributed by atoms with van der Waals surface area (Å²) in [6.45, 7) is -1.10. The quantitative estimate of drug-likeness (QED) is 0.0731. The van der Waals surface area contributed by atoms with Gasteiger partial charge in [0.05, 0.1) is 24.5 Å². The lowest BCUT2D eigenvalue weighted by Gasteiger charge is -2.13. The number of rotatable bonds is 12. The van der Waals surface area contributed by atoms with Gasteiger partial charge in [-0.1, -0.05) is 6.07 Å². The topological polar surface area (TPSA) is 246 Å². The van der Waals surface area contributed by atoms with E-state index >= 15 is 0 Å². The number of aliphatic hydroxyl groups excluding tert-OH is 2. The molecule has 0 aliphatic rings. The Labute approximate surface area is 243 Å². The number of aromatic hydroxyl groups is 1. The van der Waals surface area contributed by atoms with Gasteiger partial charge in [-0.15, -0.1) is 15.3 Å². The zero-order valence-corrected chi connectivity index (χ0v) is 23.0. The van der Waals surface area contributed by atoms with Crippen LogP contribution < -0.4 is 15.2 Å². The number of azo groups is 2. The monoisotopic (exact) mass is 611 g/mol. The Balaban J connectivity index is 1.83. The third-order valence-electron chi connectivity index (χ3n) is 5.74. The molecule has 0 bridgehead atoms. The van der Waals surface area contributed by atoms with Gasteiger partial charge in [-0.3, -0.25) is 4.55 Å². The van der Waals surface area contributed by atoms with Crippen LogP contribution in [-0.2, 0) is 10.1 Å². The number of carboxylic acid groups (broad SMARTS) is 1. The summed E-state index contributed by atoms with van der Waals surface area (Å²) in [7, 11) is -4.88. The number of nitrogens with zero attached hydrogens (tertiary/aromatic N) is 4. The number of nitrogens with two attached hydrogens (primary N) is 1. The van der Waals surface area contributed by atoms with Crippen LogP contribution in [0.4, 0.5) is 28.4 Å². The molecule has 16 heteroatoms. The van der Waals surface area contributed by atoms with Crippen LogP contribution in [0.3, 0.4) is 0 Å². The van der Waals surface area contributed by atoms with Crippen LogP contribution in [0.5, 0.6) is 17.2 Å². The lowest BCUT2D eigenvalue weighted by atomic mass is 10.1. The average molecular weight is 612 g/mol. The Morgan fingerprint density at radius 1 is 0.814 bits per heavy atom. The number of aliphatic hydroxyl groups is 2. The van der Waals surface area contributed by atoms with Crippen molar-refractivity contribution in [3.05, 3.63) is 66.2 Å². The van der Waals surface area contributed by atoms with E-state index in [4.69, 9.17) is 20.3 Å². The number of aromatic carboxylic acids is 1. The number of hydrogen-bond donors (Lipinski definition) is 6. The molecule has 0 aliphatic heterocycles. The van der Waals surface area contributed by atoms with Crippen LogP contribution in [0, 0.1) is 0 Å². The molecular weight excluding hydrogens is 586 g/mol. The van der Waals surface area contributed by atoms with Crippen LogP contribution in [0.15, 0.2) is 86.0 Å². The third kappa shape index (κ3) is 7.38. The molecule has 0 amide bonds. The summed E-state index contributed by atoms with van der Waals surface area (Å²) in [5.74, 6) is -1.70. The molecule has 4 aromatic carbocycles.